The van der Waals surface area contributed by atoms with Gasteiger partial charge in [-0.15, -0.1) is 0 Å². The fourth-order valence-electron chi connectivity index (χ4n) is 4.22. The van der Waals surface area contributed by atoms with Crippen LogP contribution in [-0.2, 0) is 20.8 Å². The highest BCUT2D eigenvalue weighted by atomic mass is 32.2. The van der Waals surface area contributed by atoms with Gasteiger partial charge < -0.3 is 9.42 Å². The van der Waals surface area contributed by atoms with Crippen LogP contribution in [0.2, 0.25) is 0 Å². The summed E-state index contributed by atoms with van der Waals surface area (Å²) in [5.74, 6) is -0.869. The molecule has 0 aliphatic carbocycles. The Morgan fingerprint density at radius 2 is 1.67 bits per heavy atom. The Morgan fingerprint density at radius 1 is 1.08 bits per heavy atom. The second-order valence-electron chi connectivity index (χ2n) is 8.40. The number of hydrogen-bond donors (Lipinski definition) is 2. The molecule has 0 saturated carbocycles. The zero-order chi connectivity index (χ0) is 26.1. The number of hydroxylamine groups is 1. The molecule has 1 saturated heterocycles. The highest BCUT2D eigenvalue weighted by Gasteiger charge is 2.52. The Morgan fingerprint density at radius 3 is 2.19 bits per heavy atom. The zero-order valence-electron chi connectivity index (χ0n) is 19.1. The van der Waals surface area contributed by atoms with Crippen LogP contribution in [0.5, 0.6) is 0 Å². The number of aromatic nitrogens is 2. The van der Waals surface area contributed by atoms with Crippen molar-refractivity contribution in [1.82, 2.24) is 20.5 Å². The van der Waals surface area contributed by atoms with Gasteiger partial charge in [0, 0.05) is 24.2 Å². The molecule has 1 fully saturated rings. The van der Waals surface area contributed by atoms with Crippen LogP contribution >= 0.6 is 0 Å². The fourth-order valence-corrected chi connectivity index (χ4v) is 6.17. The highest BCUT2D eigenvalue weighted by molar-refractivity contribution is 7.93. The third-order valence-corrected chi connectivity index (χ3v) is 8.96. The Labute approximate surface area is 204 Å². The first-order valence-corrected chi connectivity index (χ1v) is 12.5. The van der Waals surface area contributed by atoms with Crippen molar-refractivity contribution in [2.24, 2.45) is 0 Å². The van der Waals surface area contributed by atoms with Crippen molar-refractivity contribution >= 4 is 15.7 Å². The number of alkyl halides is 3. The number of amides is 1. The summed E-state index contributed by atoms with van der Waals surface area (Å²) in [5, 5.41) is 13.1. The summed E-state index contributed by atoms with van der Waals surface area (Å²) in [6.07, 6.45) is -4.42. The van der Waals surface area contributed by atoms with E-state index in [4.69, 9.17) is 4.52 Å². The van der Waals surface area contributed by atoms with E-state index in [1.165, 1.54) is 41.9 Å². The molecule has 3 aromatic rings. The van der Waals surface area contributed by atoms with Crippen molar-refractivity contribution in [2.75, 3.05) is 19.6 Å². The number of halogens is 3. The summed E-state index contributed by atoms with van der Waals surface area (Å²) in [4.78, 5) is 18.7. The predicted molar refractivity (Wildman–Crippen MR) is 121 cm³/mol. The van der Waals surface area contributed by atoms with Gasteiger partial charge in [-0.05, 0) is 67.9 Å². The number of hydrogen-bond acceptors (Lipinski definition) is 8. The maximum Gasteiger partial charge on any atom is 0.416 e. The van der Waals surface area contributed by atoms with Gasteiger partial charge in [0.1, 0.15) is 0 Å². The number of likely N-dealkylation sites (tertiary alicyclic amines) is 1. The van der Waals surface area contributed by atoms with Gasteiger partial charge >= 0.3 is 6.18 Å². The molecule has 192 valence electrons. The van der Waals surface area contributed by atoms with Gasteiger partial charge in [-0.3, -0.25) is 10.0 Å². The summed E-state index contributed by atoms with van der Waals surface area (Å²) in [7, 11) is -4.17. The van der Waals surface area contributed by atoms with Crippen LogP contribution < -0.4 is 5.48 Å². The molecule has 0 radical (unpaired) electrons. The molecular weight excluding hydrogens is 501 g/mol. The van der Waals surface area contributed by atoms with E-state index < -0.39 is 32.2 Å². The van der Waals surface area contributed by atoms with Gasteiger partial charge in [-0.25, -0.2) is 13.9 Å². The lowest BCUT2D eigenvalue weighted by Crippen LogP contribution is -2.57. The van der Waals surface area contributed by atoms with Crippen molar-refractivity contribution < 1.29 is 36.1 Å². The van der Waals surface area contributed by atoms with Gasteiger partial charge in [0.2, 0.25) is 5.82 Å². The van der Waals surface area contributed by atoms with E-state index in [0.29, 0.717) is 25.2 Å². The number of nitrogens with one attached hydrogen (secondary N) is 1. The third-order valence-electron chi connectivity index (χ3n) is 6.45. The maximum atomic E-state index is 13.5. The Hall–Kier alpha value is -3.29. The van der Waals surface area contributed by atoms with E-state index in [9.17, 15) is 31.6 Å². The lowest BCUT2D eigenvalue weighted by atomic mass is 9.95. The average molecular weight is 525 g/mol. The number of sulfone groups is 1. The van der Waals surface area contributed by atoms with Crippen molar-refractivity contribution in [2.45, 2.75) is 35.6 Å². The van der Waals surface area contributed by atoms with Crippen LogP contribution in [0.1, 0.15) is 25.3 Å². The average Bonchev–Trinajstić information content (AvgIpc) is 3.38. The van der Waals surface area contributed by atoms with Gasteiger partial charge in [-0.2, -0.15) is 18.2 Å². The van der Waals surface area contributed by atoms with Crippen LogP contribution in [-0.4, -0.2) is 59.0 Å². The second-order valence-corrected chi connectivity index (χ2v) is 10.7. The minimum atomic E-state index is -4.47. The smallest absolute Gasteiger partial charge is 0.334 e. The van der Waals surface area contributed by atoms with Crippen molar-refractivity contribution in [3.8, 4) is 22.8 Å². The van der Waals surface area contributed by atoms with Crippen molar-refractivity contribution in [3.05, 3.63) is 54.1 Å². The number of carbonyl (C=O) groups is 1. The lowest BCUT2D eigenvalue weighted by molar-refractivity contribution is -0.137. The summed E-state index contributed by atoms with van der Waals surface area (Å²) in [6, 6.07) is 9.76. The summed E-state index contributed by atoms with van der Waals surface area (Å²) < 4.78 is 68.7. The molecule has 1 aromatic heterocycles. The quantitative estimate of drug-likeness (QED) is 0.371. The molecule has 2 N–H and O–H groups in total. The minimum absolute atomic E-state index is 0.00308. The number of nitrogens with zero attached hydrogens (tertiary/aromatic N) is 3. The van der Waals surface area contributed by atoms with Gasteiger partial charge in [0.25, 0.3) is 11.8 Å². The van der Waals surface area contributed by atoms with Gasteiger partial charge in [-0.1, -0.05) is 12.1 Å². The molecule has 13 heteroatoms. The van der Waals surface area contributed by atoms with Crippen LogP contribution in [0.25, 0.3) is 22.8 Å². The largest absolute Gasteiger partial charge is 0.416 e. The minimum Gasteiger partial charge on any atom is -0.334 e. The number of benzene rings is 2. The molecule has 0 spiro atoms. The first-order valence-electron chi connectivity index (χ1n) is 11.0. The predicted octanol–water partition coefficient (Wildman–Crippen LogP) is 3.56. The van der Waals surface area contributed by atoms with E-state index in [0.717, 1.165) is 12.1 Å². The molecule has 0 bridgehead atoms. The van der Waals surface area contributed by atoms with Crippen LogP contribution in [0.3, 0.4) is 0 Å². The molecule has 9 nitrogen and oxygen atoms in total. The summed E-state index contributed by atoms with van der Waals surface area (Å²) in [5.41, 5.74) is 1.40. The maximum absolute atomic E-state index is 13.5. The van der Waals surface area contributed by atoms with Crippen LogP contribution in [0.15, 0.2) is 57.9 Å². The molecular formula is C23H23F3N4O5S. The molecule has 1 aliphatic rings. The Bertz CT molecular complexity index is 1330. The van der Waals surface area contributed by atoms with Crippen molar-refractivity contribution in [3.63, 3.8) is 0 Å². The molecule has 1 amide bonds. The Kier molecular flexibility index (Phi) is 6.90. The topological polar surface area (TPSA) is 126 Å². The number of carbonyl (C=O) groups excluding carboxylic acids is 1. The van der Waals surface area contributed by atoms with E-state index in [2.05, 4.69) is 10.1 Å². The molecule has 2 aromatic carbocycles. The first-order chi connectivity index (χ1) is 17.0. The molecule has 0 unspecified atom stereocenters. The molecule has 2 heterocycles. The SMILES string of the molecule is CCN1CCC(C(=O)NO)(S(=O)(=O)c2ccc(-c3noc(-c4ccc(C(F)(F)F)cc4)n3)cc2)CC1. The lowest BCUT2D eigenvalue weighted by Gasteiger charge is -2.39. The van der Waals surface area contributed by atoms with Gasteiger partial charge in [0.05, 0.1) is 10.5 Å². The van der Waals surface area contributed by atoms with E-state index >= 15 is 0 Å². The number of piperidine rings is 1. The monoisotopic (exact) mass is 524 g/mol. The number of rotatable bonds is 6. The van der Waals surface area contributed by atoms with E-state index in [-0.39, 0.29) is 35.0 Å². The summed E-state index contributed by atoms with van der Waals surface area (Å²) in [6.45, 7) is 3.42. The molecule has 0 atom stereocenters. The van der Waals surface area contributed by atoms with E-state index in [1.807, 2.05) is 11.8 Å². The zero-order valence-corrected chi connectivity index (χ0v) is 19.9. The fraction of sp³-hybridized carbons (Fsp3) is 0.348. The second kappa shape index (κ2) is 9.64. The third kappa shape index (κ3) is 4.61. The highest BCUT2D eigenvalue weighted by Crippen LogP contribution is 2.37. The van der Waals surface area contributed by atoms with E-state index in [1.54, 1.807) is 0 Å². The van der Waals surface area contributed by atoms with Crippen LogP contribution in [0.4, 0.5) is 13.2 Å². The summed E-state index contributed by atoms with van der Waals surface area (Å²) >= 11 is 0. The molecule has 1 aliphatic heterocycles. The Balaban J connectivity index is 1.59. The molecule has 36 heavy (non-hydrogen) atoms. The normalized spacial score (nSPS) is 16.6. The molecule has 4 rings (SSSR count). The standard InChI is InChI=1S/C23H23F3N4O5S/c1-2-30-13-11-22(12-14-30,21(31)28-32)36(33,34)18-9-5-15(6-10-18)19-27-20(35-29-19)16-3-7-17(8-4-16)23(24,25)26/h3-10,32H,2,11-14H2,1H3,(H,28,31). The first kappa shape index (κ1) is 25.8. The van der Waals surface area contributed by atoms with Crippen LogP contribution in [0, 0.1) is 0 Å². The van der Waals surface area contributed by atoms with Gasteiger partial charge in [0.15, 0.2) is 14.6 Å². The van der Waals surface area contributed by atoms with Crippen molar-refractivity contribution in [1.29, 1.82) is 0 Å².